The molecule has 0 aromatic carbocycles. The van der Waals surface area contributed by atoms with Gasteiger partial charge in [0.15, 0.2) is 0 Å². The van der Waals surface area contributed by atoms with Gasteiger partial charge in [0.2, 0.25) is 0 Å². The molecule has 0 aliphatic carbocycles. The molecule has 0 bridgehead atoms. The second-order valence-corrected chi connectivity index (χ2v) is 2.93. The van der Waals surface area contributed by atoms with Gasteiger partial charge in [-0.2, -0.15) is 11.8 Å². The number of thioether (sulfide) groups is 1. The van der Waals surface area contributed by atoms with Gasteiger partial charge >= 0.3 is 0 Å². The van der Waals surface area contributed by atoms with Crippen molar-refractivity contribution in [2.75, 3.05) is 38.3 Å². The molecule has 0 atom stereocenters. The fraction of sp³-hybridized carbons (Fsp3) is 1.00. The zero-order valence-corrected chi connectivity index (χ0v) is 7.67. The Labute approximate surface area is 67.7 Å². The van der Waals surface area contributed by atoms with E-state index in [4.69, 9.17) is 4.74 Å². The van der Waals surface area contributed by atoms with Gasteiger partial charge in [-0.1, -0.05) is 0 Å². The van der Waals surface area contributed by atoms with E-state index in [2.05, 4.69) is 11.6 Å². The Morgan fingerprint density at radius 2 is 2.20 bits per heavy atom. The van der Waals surface area contributed by atoms with Crippen molar-refractivity contribution in [2.24, 2.45) is 0 Å². The van der Waals surface area contributed by atoms with Crippen molar-refractivity contribution < 1.29 is 4.74 Å². The van der Waals surface area contributed by atoms with Crippen molar-refractivity contribution >= 4 is 11.8 Å². The van der Waals surface area contributed by atoms with Crippen LogP contribution >= 0.6 is 11.8 Å². The average molecular weight is 163 g/mol. The summed E-state index contributed by atoms with van der Waals surface area (Å²) in [5.74, 6) is 1.19. The number of nitrogens with one attached hydrogen (secondary N) is 1. The summed E-state index contributed by atoms with van der Waals surface area (Å²) in [5.41, 5.74) is 0. The molecule has 2 nitrogen and oxygen atoms in total. The lowest BCUT2D eigenvalue weighted by molar-refractivity contribution is 0.150. The second kappa shape index (κ2) is 9.27. The predicted molar refractivity (Wildman–Crippen MR) is 47.7 cm³/mol. The molecule has 0 aromatic heterocycles. The van der Waals surface area contributed by atoms with Crippen LogP contribution < -0.4 is 5.32 Å². The highest BCUT2D eigenvalue weighted by Gasteiger charge is 1.85. The zero-order chi connectivity index (χ0) is 7.66. The van der Waals surface area contributed by atoms with Crippen LogP contribution in [0.1, 0.15) is 6.92 Å². The third-order valence-electron chi connectivity index (χ3n) is 1.11. The maximum Gasteiger partial charge on any atom is 0.0590 e. The van der Waals surface area contributed by atoms with Crippen molar-refractivity contribution in [3.8, 4) is 0 Å². The summed E-state index contributed by atoms with van der Waals surface area (Å²) in [6, 6.07) is 0. The molecule has 0 aliphatic heterocycles. The molecular weight excluding hydrogens is 146 g/mol. The number of hydrogen-bond donors (Lipinski definition) is 1. The summed E-state index contributed by atoms with van der Waals surface area (Å²) >= 11 is 1.86. The van der Waals surface area contributed by atoms with Crippen molar-refractivity contribution in [1.82, 2.24) is 5.32 Å². The van der Waals surface area contributed by atoms with Gasteiger partial charge in [0, 0.05) is 25.4 Å². The molecule has 0 saturated heterocycles. The molecule has 0 radical (unpaired) electrons. The topological polar surface area (TPSA) is 21.3 Å². The molecule has 0 aliphatic rings. The summed E-state index contributed by atoms with van der Waals surface area (Å²) < 4.78 is 5.14. The van der Waals surface area contributed by atoms with Crippen LogP contribution in [-0.4, -0.2) is 38.3 Å². The normalized spacial score (nSPS) is 10.2. The van der Waals surface area contributed by atoms with E-state index >= 15 is 0 Å². The number of hydrogen-bond acceptors (Lipinski definition) is 3. The SMILES string of the molecule is CCOCCNCCSC. The average Bonchev–Trinajstić information content (AvgIpc) is 1.97. The Morgan fingerprint density at radius 3 is 2.80 bits per heavy atom. The Bertz CT molecular complexity index is 53.6. The van der Waals surface area contributed by atoms with Crippen LogP contribution in [0.5, 0.6) is 0 Å². The summed E-state index contributed by atoms with van der Waals surface area (Å²) in [7, 11) is 0. The summed E-state index contributed by atoms with van der Waals surface area (Å²) in [6.07, 6.45) is 2.12. The summed E-state index contributed by atoms with van der Waals surface area (Å²) in [6.45, 7) is 5.75. The molecule has 0 amide bonds. The highest BCUT2D eigenvalue weighted by atomic mass is 32.2. The lowest BCUT2D eigenvalue weighted by Gasteiger charge is -2.02. The third kappa shape index (κ3) is 8.27. The molecule has 0 rings (SSSR count). The summed E-state index contributed by atoms with van der Waals surface area (Å²) in [5, 5.41) is 3.28. The fourth-order valence-corrected chi connectivity index (χ4v) is 0.936. The van der Waals surface area contributed by atoms with E-state index < -0.39 is 0 Å². The minimum absolute atomic E-state index is 0.824. The van der Waals surface area contributed by atoms with E-state index in [1.807, 2.05) is 18.7 Å². The van der Waals surface area contributed by atoms with E-state index in [1.165, 1.54) is 5.75 Å². The number of rotatable bonds is 7. The predicted octanol–water partition coefficient (Wildman–Crippen LogP) is 0.975. The van der Waals surface area contributed by atoms with Crippen LogP contribution in [0.2, 0.25) is 0 Å². The van der Waals surface area contributed by atoms with Gasteiger partial charge in [-0.05, 0) is 13.2 Å². The maximum atomic E-state index is 5.14. The van der Waals surface area contributed by atoms with Crippen molar-refractivity contribution in [2.45, 2.75) is 6.92 Å². The van der Waals surface area contributed by atoms with Gasteiger partial charge in [0.1, 0.15) is 0 Å². The van der Waals surface area contributed by atoms with E-state index in [1.54, 1.807) is 0 Å². The van der Waals surface area contributed by atoms with E-state index in [9.17, 15) is 0 Å². The van der Waals surface area contributed by atoms with E-state index in [0.717, 1.165) is 26.3 Å². The Balaban J connectivity index is 2.65. The quantitative estimate of drug-likeness (QED) is 0.565. The van der Waals surface area contributed by atoms with E-state index in [-0.39, 0.29) is 0 Å². The third-order valence-corrected chi connectivity index (χ3v) is 1.72. The molecule has 10 heavy (non-hydrogen) atoms. The standard InChI is InChI=1S/C7H17NOS/c1-3-9-6-4-8-5-7-10-2/h8H,3-7H2,1-2H3. The molecule has 62 valence electrons. The first-order valence-corrected chi connectivity index (χ1v) is 5.08. The van der Waals surface area contributed by atoms with Crippen LogP contribution in [0.3, 0.4) is 0 Å². The molecule has 1 N–H and O–H groups in total. The van der Waals surface area contributed by atoms with Crippen LogP contribution in [-0.2, 0) is 4.74 Å². The first kappa shape index (κ1) is 10.3. The first-order chi connectivity index (χ1) is 4.91. The van der Waals surface area contributed by atoms with Gasteiger partial charge in [0.25, 0.3) is 0 Å². The molecule has 0 saturated carbocycles. The molecular formula is C7H17NOS. The highest BCUT2D eigenvalue weighted by molar-refractivity contribution is 7.98. The molecule has 0 heterocycles. The Hall–Kier alpha value is 0.270. The Kier molecular flexibility index (Phi) is 9.52. The van der Waals surface area contributed by atoms with Gasteiger partial charge in [-0.15, -0.1) is 0 Å². The van der Waals surface area contributed by atoms with Crippen LogP contribution in [0, 0.1) is 0 Å². The molecule has 0 fully saturated rings. The smallest absolute Gasteiger partial charge is 0.0590 e. The monoisotopic (exact) mass is 163 g/mol. The van der Waals surface area contributed by atoms with Gasteiger partial charge in [-0.25, -0.2) is 0 Å². The minimum Gasteiger partial charge on any atom is -0.380 e. The van der Waals surface area contributed by atoms with Gasteiger partial charge < -0.3 is 10.1 Å². The summed E-state index contributed by atoms with van der Waals surface area (Å²) in [4.78, 5) is 0. The minimum atomic E-state index is 0.824. The molecule has 3 heteroatoms. The lowest BCUT2D eigenvalue weighted by Crippen LogP contribution is -2.22. The van der Waals surface area contributed by atoms with E-state index in [0.29, 0.717) is 0 Å². The first-order valence-electron chi connectivity index (χ1n) is 3.69. The zero-order valence-electron chi connectivity index (χ0n) is 6.85. The van der Waals surface area contributed by atoms with Gasteiger partial charge in [-0.3, -0.25) is 0 Å². The van der Waals surface area contributed by atoms with Crippen LogP contribution in [0.25, 0.3) is 0 Å². The maximum absolute atomic E-state index is 5.14. The molecule has 0 spiro atoms. The van der Waals surface area contributed by atoms with Gasteiger partial charge in [0.05, 0.1) is 6.61 Å². The lowest BCUT2D eigenvalue weighted by atomic mass is 10.6. The largest absolute Gasteiger partial charge is 0.380 e. The van der Waals surface area contributed by atoms with Crippen molar-refractivity contribution in [3.05, 3.63) is 0 Å². The highest BCUT2D eigenvalue weighted by Crippen LogP contribution is 1.86. The van der Waals surface area contributed by atoms with Crippen LogP contribution in [0.4, 0.5) is 0 Å². The molecule has 0 aromatic rings. The second-order valence-electron chi connectivity index (χ2n) is 1.94. The fourth-order valence-electron chi connectivity index (χ4n) is 0.588. The van der Waals surface area contributed by atoms with Crippen molar-refractivity contribution in [3.63, 3.8) is 0 Å². The number of ether oxygens (including phenoxy) is 1. The molecule has 0 unspecified atom stereocenters. The Morgan fingerprint density at radius 1 is 1.40 bits per heavy atom. The van der Waals surface area contributed by atoms with Crippen LogP contribution in [0.15, 0.2) is 0 Å². The van der Waals surface area contributed by atoms with Crippen molar-refractivity contribution in [1.29, 1.82) is 0 Å².